The number of aliphatic carboxylic acids is 1. The minimum Gasteiger partial charge on any atom is -0.508 e. The summed E-state index contributed by atoms with van der Waals surface area (Å²) in [7, 11) is 0. The molecule has 12 nitrogen and oxygen atoms in total. The number of carbonyl (C=O) groups excluding carboxylic acids is 3. The maximum atomic E-state index is 13.6. The highest BCUT2D eigenvalue weighted by Crippen LogP contribution is 2.14. The van der Waals surface area contributed by atoms with Crippen LogP contribution in [0.4, 0.5) is 0 Å². The lowest BCUT2D eigenvalue weighted by Crippen LogP contribution is -2.58. The summed E-state index contributed by atoms with van der Waals surface area (Å²) >= 11 is 0. The van der Waals surface area contributed by atoms with Gasteiger partial charge in [0.1, 0.15) is 29.6 Å². The first-order chi connectivity index (χ1) is 21.5. The van der Waals surface area contributed by atoms with Gasteiger partial charge in [-0.2, -0.15) is 0 Å². The second-order valence-electron chi connectivity index (χ2n) is 10.8. The predicted molar refractivity (Wildman–Crippen MR) is 168 cm³/mol. The minimum absolute atomic E-state index is 0.0145. The van der Waals surface area contributed by atoms with Gasteiger partial charge in [0.05, 0.1) is 6.04 Å². The van der Waals surface area contributed by atoms with Crippen LogP contribution in [0.15, 0.2) is 78.9 Å². The molecule has 0 saturated heterocycles. The summed E-state index contributed by atoms with van der Waals surface area (Å²) in [6.45, 7) is 0.381. The van der Waals surface area contributed by atoms with Crippen molar-refractivity contribution < 1.29 is 34.5 Å². The van der Waals surface area contributed by atoms with Gasteiger partial charge in [-0.05, 0) is 73.2 Å². The van der Waals surface area contributed by atoms with Crippen LogP contribution in [0.25, 0.3) is 0 Å². The molecule has 0 saturated carbocycles. The molecule has 240 valence electrons. The summed E-state index contributed by atoms with van der Waals surface area (Å²) in [6.07, 6.45) is 1.50. The number of nitrogens with two attached hydrogens (primary N) is 2. The number of carboxylic acids is 1. The van der Waals surface area contributed by atoms with Gasteiger partial charge in [0.25, 0.3) is 0 Å². The predicted octanol–water partition coefficient (Wildman–Crippen LogP) is 1.12. The molecule has 4 atom stereocenters. The van der Waals surface area contributed by atoms with Crippen molar-refractivity contribution in [1.82, 2.24) is 16.0 Å². The number of unbranched alkanes of at least 4 members (excludes halogenated alkanes) is 1. The largest absolute Gasteiger partial charge is 0.508 e. The molecule has 3 amide bonds. The van der Waals surface area contributed by atoms with Crippen LogP contribution in [-0.2, 0) is 38.4 Å². The van der Waals surface area contributed by atoms with E-state index in [1.54, 1.807) is 54.6 Å². The summed E-state index contributed by atoms with van der Waals surface area (Å²) < 4.78 is 0. The number of nitrogens with one attached hydrogen (secondary N) is 3. The van der Waals surface area contributed by atoms with E-state index in [-0.39, 0.29) is 37.2 Å². The molecule has 0 aliphatic carbocycles. The number of hydrogen-bond acceptors (Lipinski definition) is 8. The summed E-state index contributed by atoms with van der Waals surface area (Å²) in [5.74, 6) is -3.10. The number of aromatic hydroxyl groups is 2. The molecule has 0 heterocycles. The van der Waals surface area contributed by atoms with Crippen molar-refractivity contribution >= 4 is 23.7 Å². The third kappa shape index (κ3) is 11.6. The van der Waals surface area contributed by atoms with Gasteiger partial charge in [0.15, 0.2) is 0 Å². The Labute approximate surface area is 261 Å². The summed E-state index contributed by atoms with van der Waals surface area (Å²) in [5.41, 5.74) is 13.8. The molecule has 3 rings (SSSR count). The fraction of sp³-hybridized carbons (Fsp3) is 0.333. The molecule has 0 radical (unpaired) electrons. The Bertz CT molecular complexity index is 1400. The van der Waals surface area contributed by atoms with Crippen LogP contribution in [-0.4, -0.2) is 69.7 Å². The van der Waals surface area contributed by atoms with E-state index in [2.05, 4.69) is 16.0 Å². The molecule has 12 heteroatoms. The molecule has 3 aromatic carbocycles. The standard InChI is InChI=1S/C33H41N5O7/c34-17-5-4-8-27(36-30(41)26(35)18-22-9-13-24(39)14-10-22)31(42)37-28(19-23-11-15-25(40)16-12-23)32(43)38-29(33(44)45)20-21-6-2-1-3-7-21/h1-3,6-7,9-16,26-29,39-40H,4-5,8,17-20,34-35H2,(H,36,41)(H,37,42)(H,38,43)(H,44,45). The van der Waals surface area contributed by atoms with Crippen molar-refractivity contribution in [3.05, 3.63) is 95.6 Å². The van der Waals surface area contributed by atoms with Crippen molar-refractivity contribution in [2.24, 2.45) is 11.5 Å². The highest BCUT2D eigenvalue weighted by molar-refractivity contribution is 5.94. The average molecular weight is 620 g/mol. The highest BCUT2D eigenvalue weighted by Gasteiger charge is 2.30. The molecule has 3 aromatic rings. The maximum Gasteiger partial charge on any atom is 0.326 e. The van der Waals surface area contributed by atoms with Crippen molar-refractivity contribution in [3.8, 4) is 11.5 Å². The van der Waals surface area contributed by atoms with Crippen molar-refractivity contribution in [1.29, 1.82) is 0 Å². The molecular formula is C33H41N5O7. The molecule has 0 fully saturated rings. The zero-order chi connectivity index (χ0) is 32.8. The Balaban J connectivity index is 1.78. The van der Waals surface area contributed by atoms with E-state index in [0.717, 1.165) is 0 Å². The van der Waals surface area contributed by atoms with E-state index < -0.39 is 47.9 Å². The zero-order valence-corrected chi connectivity index (χ0v) is 24.9. The summed E-state index contributed by atoms with van der Waals surface area (Å²) in [5, 5.41) is 37.0. The lowest BCUT2D eigenvalue weighted by atomic mass is 10.0. The second-order valence-corrected chi connectivity index (χ2v) is 10.8. The van der Waals surface area contributed by atoms with E-state index in [9.17, 15) is 34.5 Å². The van der Waals surface area contributed by atoms with E-state index in [1.807, 2.05) is 0 Å². The third-order valence-corrected chi connectivity index (χ3v) is 7.22. The van der Waals surface area contributed by atoms with Gasteiger partial charge in [-0.25, -0.2) is 4.79 Å². The first kappa shape index (κ1) is 34.5. The van der Waals surface area contributed by atoms with Crippen molar-refractivity contribution in [2.75, 3.05) is 6.54 Å². The number of hydrogen-bond donors (Lipinski definition) is 8. The Morgan fingerprint density at radius 2 is 1.07 bits per heavy atom. The van der Waals surface area contributed by atoms with Gasteiger partial charge in [0, 0.05) is 12.8 Å². The van der Waals surface area contributed by atoms with Crippen LogP contribution in [0.2, 0.25) is 0 Å². The molecule has 0 aliphatic rings. The van der Waals surface area contributed by atoms with Gasteiger partial charge >= 0.3 is 5.97 Å². The second kappa shape index (κ2) is 17.4. The number of phenols is 2. The fourth-order valence-corrected chi connectivity index (χ4v) is 4.69. The molecule has 0 aliphatic heterocycles. The van der Waals surface area contributed by atoms with E-state index in [0.29, 0.717) is 36.1 Å². The number of carbonyl (C=O) groups is 4. The number of carboxylic acid groups (broad SMARTS) is 1. The van der Waals surface area contributed by atoms with Crippen LogP contribution in [0.3, 0.4) is 0 Å². The number of phenolic OH excluding ortho intramolecular Hbond substituents is 2. The van der Waals surface area contributed by atoms with Gasteiger partial charge in [0.2, 0.25) is 17.7 Å². The van der Waals surface area contributed by atoms with E-state index in [1.165, 1.54) is 24.3 Å². The van der Waals surface area contributed by atoms with E-state index in [4.69, 9.17) is 11.5 Å². The number of rotatable bonds is 17. The topological polar surface area (TPSA) is 217 Å². The number of benzene rings is 3. The Morgan fingerprint density at radius 1 is 0.600 bits per heavy atom. The molecule has 0 bridgehead atoms. The highest BCUT2D eigenvalue weighted by atomic mass is 16.4. The van der Waals surface area contributed by atoms with Crippen molar-refractivity contribution in [3.63, 3.8) is 0 Å². The molecule has 4 unspecified atom stereocenters. The molecular weight excluding hydrogens is 578 g/mol. The van der Waals surface area contributed by atoms with Gasteiger partial charge < -0.3 is 42.7 Å². The van der Waals surface area contributed by atoms with Gasteiger partial charge in [-0.1, -0.05) is 54.6 Å². The Morgan fingerprint density at radius 3 is 1.62 bits per heavy atom. The smallest absolute Gasteiger partial charge is 0.326 e. The lowest BCUT2D eigenvalue weighted by molar-refractivity contribution is -0.142. The molecule has 0 aromatic heterocycles. The molecule has 10 N–H and O–H groups in total. The van der Waals surface area contributed by atoms with Crippen LogP contribution in [0, 0.1) is 0 Å². The fourth-order valence-electron chi connectivity index (χ4n) is 4.69. The maximum absolute atomic E-state index is 13.6. The molecule has 0 spiro atoms. The first-order valence-electron chi connectivity index (χ1n) is 14.7. The Kier molecular flexibility index (Phi) is 13.3. The summed E-state index contributed by atoms with van der Waals surface area (Å²) in [4.78, 5) is 52.2. The quantitative estimate of drug-likeness (QED) is 0.101. The monoisotopic (exact) mass is 619 g/mol. The third-order valence-electron chi connectivity index (χ3n) is 7.22. The summed E-state index contributed by atoms with van der Waals surface area (Å²) in [6, 6.07) is 16.6. The van der Waals surface area contributed by atoms with Gasteiger partial charge in [-0.15, -0.1) is 0 Å². The van der Waals surface area contributed by atoms with Crippen LogP contribution < -0.4 is 27.4 Å². The minimum atomic E-state index is -1.27. The first-order valence-corrected chi connectivity index (χ1v) is 14.7. The number of amides is 3. The molecule has 45 heavy (non-hydrogen) atoms. The van der Waals surface area contributed by atoms with Crippen molar-refractivity contribution in [2.45, 2.75) is 62.7 Å². The Hall–Kier alpha value is -4.94. The SMILES string of the molecule is NCCCCC(NC(=O)C(N)Cc1ccc(O)cc1)C(=O)NC(Cc1ccc(O)cc1)C(=O)NC(Cc1ccccc1)C(=O)O. The average Bonchev–Trinajstić information content (AvgIpc) is 3.02. The van der Waals surface area contributed by atoms with Gasteiger partial charge in [-0.3, -0.25) is 14.4 Å². The van der Waals surface area contributed by atoms with Crippen LogP contribution in [0.5, 0.6) is 11.5 Å². The zero-order valence-electron chi connectivity index (χ0n) is 24.9. The lowest BCUT2D eigenvalue weighted by Gasteiger charge is -2.25. The van der Waals surface area contributed by atoms with Crippen LogP contribution >= 0.6 is 0 Å². The normalized spacial score (nSPS) is 13.6. The van der Waals surface area contributed by atoms with E-state index >= 15 is 0 Å². The van der Waals surface area contributed by atoms with Crippen LogP contribution in [0.1, 0.15) is 36.0 Å².